The molecule has 1 unspecified atom stereocenters. The second kappa shape index (κ2) is 5.67. The summed E-state index contributed by atoms with van der Waals surface area (Å²) in [6, 6.07) is 0.266. The molecular weight excluding hydrogens is 235 g/mol. The van der Waals surface area contributed by atoms with Gasteiger partial charge in [-0.25, -0.2) is 13.2 Å². The Bertz CT molecular complexity index is 396. The van der Waals surface area contributed by atoms with Gasteiger partial charge in [0.2, 0.25) is 0 Å². The first-order chi connectivity index (χ1) is 7.99. The van der Waals surface area contributed by atoms with Crippen LogP contribution in [0.2, 0.25) is 0 Å². The van der Waals surface area contributed by atoms with Crippen molar-refractivity contribution < 1.29 is 23.1 Å². The Morgan fingerprint density at radius 1 is 1.35 bits per heavy atom. The van der Waals surface area contributed by atoms with Gasteiger partial charge in [-0.1, -0.05) is 6.92 Å². The minimum Gasteiger partial charge on any atom is -0.394 e. The Morgan fingerprint density at radius 2 is 1.88 bits per heavy atom. The fourth-order valence-electron chi connectivity index (χ4n) is 1.29. The maximum Gasteiger partial charge on any atom is 0.257 e. The van der Waals surface area contributed by atoms with Crippen LogP contribution in [-0.2, 0) is 0 Å². The standard InChI is InChI=1S/C11H12F3NO2/c1-2-7(5-16)15-11(17)10-8(13)3-6(12)4-9(10)14/h3-4,7,16H,2,5H2,1H3,(H,15,17). The Morgan fingerprint density at radius 3 is 2.29 bits per heavy atom. The first kappa shape index (κ1) is 13.5. The molecule has 0 bridgehead atoms. The lowest BCUT2D eigenvalue weighted by atomic mass is 10.1. The van der Waals surface area contributed by atoms with E-state index in [4.69, 9.17) is 5.11 Å². The number of aliphatic hydroxyl groups is 1. The molecule has 94 valence electrons. The summed E-state index contributed by atoms with van der Waals surface area (Å²) in [4.78, 5) is 11.5. The van der Waals surface area contributed by atoms with Gasteiger partial charge in [0.1, 0.15) is 23.0 Å². The van der Waals surface area contributed by atoms with Crippen molar-refractivity contribution in [1.82, 2.24) is 5.32 Å². The number of amides is 1. The van der Waals surface area contributed by atoms with Crippen LogP contribution < -0.4 is 5.32 Å². The predicted octanol–water partition coefficient (Wildman–Crippen LogP) is 1.60. The summed E-state index contributed by atoms with van der Waals surface area (Å²) in [5, 5.41) is 11.1. The largest absolute Gasteiger partial charge is 0.394 e. The molecule has 0 radical (unpaired) electrons. The van der Waals surface area contributed by atoms with Crippen LogP contribution in [0.5, 0.6) is 0 Å². The quantitative estimate of drug-likeness (QED) is 0.849. The molecule has 0 saturated heterocycles. The number of carbonyl (C=O) groups is 1. The van der Waals surface area contributed by atoms with Gasteiger partial charge in [-0.3, -0.25) is 4.79 Å². The highest BCUT2D eigenvalue weighted by Gasteiger charge is 2.20. The summed E-state index contributed by atoms with van der Waals surface area (Å²) in [7, 11) is 0. The molecule has 3 nitrogen and oxygen atoms in total. The van der Waals surface area contributed by atoms with Gasteiger partial charge in [-0.2, -0.15) is 0 Å². The van der Waals surface area contributed by atoms with Crippen LogP contribution in [0.25, 0.3) is 0 Å². The van der Waals surface area contributed by atoms with Crippen molar-refractivity contribution in [3.05, 3.63) is 35.1 Å². The summed E-state index contributed by atoms with van der Waals surface area (Å²) in [5.41, 5.74) is -0.849. The van der Waals surface area contributed by atoms with E-state index in [0.29, 0.717) is 18.6 Å². The number of halogens is 3. The smallest absolute Gasteiger partial charge is 0.257 e. The molecule has 2 N–H and O–H groups in total. The van der Waals surface area contributed by atoms with Crippen LogP contribution in [0.4, 0.5) is 13.2 Å². The Hall–Kier alpha value is -1.56. The van der Waals surface area contributed by atoms with Crippen LogP contribution >= 0.6 is 0 Å². The zero-order valence-corrected chi connectivity index (χ0v) is 9.14. The lowest BCUT2D eigenvalue weighted by Crippen LogP contribution is -2.37. The highest BCUT2D eigenvalue weighted by Crippen LogP contribution is 2.14. The van der Waals surface area contributed by atoms with Gasteiger partial charge in [-0.05, 0) is 6.42 Å². The summed E-state index contributed by atoms with van der Waals surface area (Å²) in [6.07, 6.45) is 0.409. The topological polar surface area (TPSA) is 49.3 Å². The molecule has 0 fully saturated rings. The molecule has 1 aromatic carbocycles. The second-order valence-corrected chi connectivity index (χ2v) is 3.51. The van der Waals surface area contributed by atoms with Gasteiger partial charge in [-0.15, -0.1) is 0 Å². The third-order valence-corrected chi connectivity index (χ3v) is 2.28. The van der Waals surface area contributed by atoms with Crippen molar-refractivity contribution >= 4 is 5.91 Å². The second-order valence-electron chi connectivity index (χ2n) is 3.51. The highest BCUT2D eigenvalue weighted by atomic mass is 19.1. The molecule has 0 saturated carbocycles. The van der Waals surface area contributed by atoms with Crippen LogP contribution in [-0.4, -0.2) is 23.7 Å². The normalized spacial score (nSPS) is 12.3. The summed E-state index contributed by atoms with van der Waals surface area (Å²) in [6.45, 7) is 1.35. The van der Waals surface area contributed by atoms with Crippen molar-refractivity contribution in [1.29, 1.82) is 0 Å². The number of aliphatic hydroxyl groups excluding tert-OH is 1. The molecule has 1 amide bonds. The zero-order chi connectivity index (χ0) is 13.0. The van der Waals surface area contributed by atoms with Crippen molar-refractivity contribution in [3.8, 4) is 0 Å². The van der Waals surface area contributed by atoms with Crippen LogP contribution in [0.3, 0.4) is 0 Å². The number of hydrogen-bond acceptors (Lipinski definition) is 2. The van der Waals surface area contributed by atoms with E-state index >= 15 is 0 Å². The molecule has 0 aliphatic rings. The van der Waals surface area contributed by atoms with E-state index in [0.717, 1.165) is 0 Å². The number of benzene rings is 1. The molecule has 1 atom stereocenters. The van der Waals surface area contributed by atoms with Gasteiger partial charge >= 0.3 is 0 Å². The first-order valence-electron chi connectivity index (χ1n) is 5.05. The molecular formula is C11H12F3NO2. The van der Waals surface area contributed by atoms with Crippen molar-refractivity contribution in [3.63, 3.8) is 0 Å². The maximum atomic E-state index is 13.2. The van der Waals surface area contributed by atoms with E-state index in [1.165, 1.54) is 0 Å². The van der Waals surface area contributed by atoms with Crippen LogP contribution in [0.1, 0.15) is 23.7 Å². The fourth-order valence-corrected chi connectivity index (χ4v) is 1.29. The first-order valence-corrected chi connectivity index (χ1v) is 5.05. The zero-order valence-electron chi connectivity index (χ0n) is 9.14. The number of carbonyl (C=O) groups excluding carboxylic acids is 1. The van der Waals surface area contributed by atoms with Gasteiger partial charge in [0.25, 0.3) is 5.91 Å². The Balaban J connectivity index is 2.96. The molecule has 0 aromatic heterocycles. The molecule has 6 heteroatoms. The maximum absolute atomic E-state index is 13.2. The summed E-state index contributed by atoms with van der Waals surface area (Å²) in [5.74, 6) is -4.65. The third kappa shape index (κ3) is 3.20. The average molecular weight is 247 g/mol. The van der Waals surface area contributed by atoms with E-state index in [-0.39, 0.29) is 6.61 Å². The Kier molecular flexibility index (Phi) is 4.51. The van der Waals surface area contributed by atoms with E-state index < -0.39 is 35.0 Å². The average Bonchev–Trinajstić information content (AvgIpc) is 2.24. The van der Waals surface area contributed by atoms with Gasteiger partial charge in [0, 0.05) is 12.1 Å². The third-order valence-electron chi connectivity index (χ3n) is 2.28. The molecule has 0 spiro atoms. The fraction of sp³-hybridized carbons (Fsp3) is 0.364. The monoisotopic (exact) mass is 247 g/mol. The number of rotatable bonds is 4. The van der Waals surface area contributed by atoms with Crippen LogP contribution in [0.15, 0.2) is 12.1 Å². The highest BCUT2D eigenvalue weighted by molar-refractivity contribution is 5.94. The van der Waals surface area contributed by atoms with E-state index in [1.54, 1.807) is 6.92 Å². The van der Waals surface area contributed by atoms with E-state index in [9.17, 15) is 18.0 Å². The number of hydrogen-bond donors (Lipinski definition) is 2. The van der Waals surface area contributed by atoms with Gasteiger partial charge < -0.3 is 10.4 Å². The lowest BCUT2D eigenvalue weighted by molar-refractivity contribution is 0.0906. The minimum atomic E-state index is -1.27. The predicted molar refractivity (Wildman–Crippen MR) is 54.9 cm³/mol. The van der Waals surface area contributed by atoms with E-state index in [1.807, 2.05) is 0 Å². The van der Waals surface area contributed by atoms with E-state index in [2.05, 4.69) is 5.32 Å². The molecule has 1 rings (SSSR count). The number of nitrogens with one attached hydrogen (secondary N) is 1. The molecule has 0 aliphatic heterocycles. The molecule has 0 heterocycles. The lowest BCUT2D eigenvalue weighted by Gasteiger charge is -2.14. The summed E-state index contributed by atoms with van der Waals surface area (Å²) < 4.78 is 39.0. The van der Waals surface area contributed by atoms with Gasteiger partial charge in [0.15, 0.2) is 0 Å². The molecule has 1 aromatic rings. The SMILES string of the molecule is CCC(CO)NC(=O)c1c(F)cc(F)cc1F. The van der Waals surface area contributed by atoms with Crippen LogP contribution in [0, 0.1) is 17.5 Å². The van der Waals surface area contributed by atoms with Crippen molar-refractivity contribution in [2.45, 2.75) is 19.4 Å². The van der Waals surface area contributed by atoms with Crippen molar-refractivity contribution in [2.24, 2.45) is 0 Å². The van der Waals surface area contributed by atoms with Gasteiger partial charge in [0.05, 0.1) is 12.6 Å². The molecule has 17 heavy (non-hydrogen) atoms. The minimum absolute atomic E-state index is 0.341. The van der Waals surface area contributed by atoms with Crippen molar-refractivity contribution in [2.75, 3.05) is 6.61 Å². The molecule has 0 aliphatic carbocycles. The summed E-state index contributed by atoms with van der Waals surface area (Å²) >= 11 is 0. The Labute approximate surface area is 96.3 Å².